The molecule has 0 aromatic heterocycles. The Kier molecular flexibility index (Phi) is 9.26. The highest BCUT2D eigenvalue weighted by molar-refractivity contribution is 7.79. The van der Waals surface area contributed by atoms with Crippen molar-refractivity contribution in [2.75, 3.05) is 32.1 Å². The fourth-order valence-corrected chi connectivity index (χ4v) is 1.83. The van der Waals surface area contributed by atoms with Gasteiger partial charge in [-0.15, -0.1) is 0 Å². The number of rotatable bonds is 11. The zero-order valence-corrected chi connectivity index (χ0v) is 11.1. The summed E-state index contributed by atoms with van der Waals surface area (Å²) in [5, 5.41) is 20.3. The van der Waals surface area contributed by atoms with E-state index >= 15 is 0 Å². The molecule has 9 nitrogen and oxygen atoms in total. The summed E-state index contributed by atoms with van der Waals surface area (Å²) in [6, 6.07) is -1.16. The Hall–Kier alpha value is -1.07. The minimum atomic E-state index is -1.98. The summed E-state index contributed by atoms with van der Waals surface area (Å²) in [5.41, 5.74) is 5.36. The summed E-state index contributed by atoms with van der Waals surface area (Å²) in [6.45, 7) is 0.901. The van der Waals surface area contributed by atoms with Crippen molar-refractivity contribution in [2.24, 2.45) is 5.73 Å². The lowest BCUT2D eigenvalue weighted by atomic mass is 10.1. The van der Waals surface area contributed by atoms with Crippen LogP contribution in [0.25, 0.3) is 0 Å². The fourth-order valence-electron chi connectivity index (χ4n) is 1.51. The first-order valence-corrected chi connectivity index (χ1v) is 6.83. The average Bonchev–Trinajstić information content (AvgIpc) is 2.29. The molecule has 0 aliphatic heterocycles. The summed E-state index contributed by atoms with van der Waals surface area (Å²) in [6.07, 6.45) is -0.527. The minimum Gasteiger partial charge on any atom is -0.481 e. The summed E-state index contributed by atoms with van der Waals surface area (Å²) < 4.78 is 18.9. The standard InChI is InChI=1S/C9H19N3O6S/c10-1-3-12(4-2-11-6-19(17)18)7(9(15)16)5-8(13)14/h7,11H,1-6,10H2,(H,13,14)(H,15,16)(H,17,18). The van der Waals surface area contributed by atoms with Crippen molar-refractivity contribution in [3.63, 3.8) is 0 Å². The van der Waals surface area contributed by atoms with E-state index in [1.54, 1.807) is 0 Å². The Bertz CT molecular complexity index is 327. The number of carbonyl (C=O) groups is 2. The largest absolute Gasteiger partial charge is 0.481 e. The van der Waals surface area contributed by atoms with Crippen molar-refractivity contribution in [3.8, 4) is 0 Å². The monoisotopic (exact) mass is 297 g/mol. The van der Waals surface area contributed by atoms with Gasteiger partial charge in [0.1, 0.15) is 6.04 Å². The number of nitrogens with one attached hydrogen (secondary N) is 1. The van der Waals surface area contributed by atoms with Gasteiger partial charge in [-0.05, 0) is 0 Å². The minimum absolute atomic E-state index is 0.132. The van der Waals surface area contributed by atoms with Crippen molar-refractivity contribution in [1.29, 1.82) is 0 Å². The molecule has 0 fully saturated rings. The van der Waals surface area contributed by atoms with E-state index in [2.05, 4.69) is 5.32 Å². The third kappa shape index (κ3) is 8.61. The van der Waals surface area contributed by atoms with Crippen molar-refractivity contribution in [3.05, 3.63) is 0 Å². The molecule has 0 aliphatic carbocycles. The quantitative estimate of drug-likeness (QED) is 0.214. The van der Waals surface area contributed by atoms with Crippen LogP contribution < -0.4 is 11.1 Å². The Morgan fingerprint density at radius 1 is 1.32 bits per heavy atom. The third-order valence-electron chi connectivity index (χ3n) is 2.31. The van der Waals surface area contributed by atoms with Gasteiger partial charge in [0.05, 0.1) is 12.3 Å². The number of hydrogen-bond donors (Lipinski definition) is 5. The SMILES string of the molecule is NCCN(CCNCS(=O)O)C(CC(=O)O)C(=O)O. The second kappa shape index (κ2) is 9.81. The molecule has 0 aromatic rings. The number of nitrogens with two attached hydrogens (primary N) is 1. The number of nitrogens with zero attached hydrogens (tertiary/aromatic N) is 1. The molecule has 10 heteroatoms. The highest BCUT2D eigenvalue weighted by Gasteiger charge is 2.27. The van der Waals surface area contributed by atoms with Gasteiger partial charge in [0.2, 0.25) is 0 Å². The first kappa shape index (κ1) is 17.9. The van der Waals surface area contributed by atoms with Crippen LogP contribution in [-0.4, -0.2) is 73.9 Å². The van der Waals surface area contributed by atoms with Gasteiger partial charge >= 0.3 is 11.9 Å². The van der Waals surface area contributed by atoms with Gasteiger partial charge in [-0.25, -0.2) is 4.21 Å². The molecule has 0 radical (unpaired) electrons. The first-order chi connectivity index (χ1) is 8.88. The molecule has 6 N–H and O–H groups in total. The van der Waals surface area contributed by atoms with Crippen LogP contribution >= 0.6 is 0 Å². The molecule has 0 bridgehead atoms. The van der Waals surface area contributed by atoms with E-state index in [1.807, 2.05) is 0 Å². The van der Waals surface area contributed by atoms with Gasteiger partial charge in [-0.3, -0.25) is 14.5 Å². The summed E-state index contributed by atoms with van der Waals surface area (Å²) in [7, 11) is 0. The first-order valence-electron chi connectivity index (χ1n) is 5.55. The van der Waals surface area contributed by atoms with Crippen LogP contribution in [0.2, 0.25) is 0 Å². The van der Waals surface area contributed by atoms with E-state index in [0.717, 1.165) is 0 Å². The number of aliphatic carboxylic acids is 2. The van der Waals surface area contributed by atoms with Crippen LogP contribution in [-0.2, 0) is 20.7 Å². The molecule has 0 rings (SSSR count). The topological polar surface area (TPSA) is 153 Å². The lowest BCUT2D eigenvalue weighted by Crippen LogP contribution is -2.47. The van der Waals surface area contributed by atoms with Crippen LogP contribution in [0.15, 0.2) is 0 Å². The second-order valence-electron chi connectivity index (χ2n) is 3.74. The van der Waals surface area contributed by atoms with Gasteiger partial charge in [0.25, 0.3) is 0 Å². The predicted octanol–water partition coefficient (Wildman–Crippen LogP) is -2.06. The number of hydrogen-bond acceptors (Lipinski definition) is 6. The van der Waals surface area contributed by atoms with Crippen LogP contribution in [0, 0.1) is 0 Å². The van der Waals surface area contributed by atoms with Crippen molar-refractivity contribution in [1.82, 2.24) is 10.2 Å². The fraction of sp³-hybridized carbons (Fsp3) is 0.778. The van der Waals surface area contributed by atoms with Gasteiger partial charge in [0.15, 0.2) is 11.1 Å². The lowest BCUT2D eigenvalue weighted by Gasteiger charge is -2.27. The summed E-state index contributed by atoms with van der Waals surface area (Å²) >= 11 is -1.98. The molecule has 2 atom stereocenters. The Morgan fingerprint density at radius 2 is 1.95 bits per heavy atom. The van der Waals surface area contributed by atoms with Gasteiger partial charge < -0.3 is 25.8 Å². The molecule has 0 spiro atoms. The smallest absolute Gasteiger partial charge is 0.321 e. The number of carboxylic acid groups (broad SMARTS) is 2. The molecule has 0 saturated carbocycles. The number of carboxylic acids is 2. The highest BCUT2D eigenvalue weighted by atomic mass is 32.2. The highest BCUT2D eigenvalue weighted by Crippen LogP contribution is 2.04. The van der Waals surface area contributed by atoms with E-state index in [0.29, 0.717) is 0 Å². The van der Waals surface area contributed by atoms with E-state index in [1.165, 1.54) is 4.90 Å². The van der Waals surface area contributed by atoms with Crippen molar-refractivity contribution < 1.29 is 28.6 Å². The maximum Gasteiger partial charge on any atom is 0.321 e. The van der Waals surface area contributed by atoms with Gasteiger partial charge in [-0.1, -0.05) is 0 Å². The molecular weight excluding hydrogens is 278 g/mol. The predicted molar refractivity (Wildman–Crippen MR) is 67.9 cm³/mol. The average molecular weight is 297 g/mol. The molecule has 112 valence electrons. The van der Waals surface area contributed by atoms with Gasteiger partial charge in [-0.2, -0.15) is 0 Å². The second-order valence-corrected chi connectivity index (χ2v) is 4.67. The maximum atomic E-state index is 11.0. The molecule has 2 unspecified atom stereocenters. The summed E-state index contributed by atoms with van der Waals surface area (Å²) in [5.74, 6) is -2.58. The van der Waals surface area contributed by atoms with Gasteiger partial charge in [0, 0.05) is 26.2 Å². The molecule has 0 saturated heterocycles. The molecule has 0 aliphatic rings. The zero-order valence-electron chi connectivity index (χ0n) is 10.3. The zero-order chi connectivity index (χ0) is 14.8. The molecular formula is C9H19N3O6S. The van der Waals surface area contributed by atoms with Crippen LogP contribution in [0.4, 0.5) is 0 Å². The normalized spacial score (nSPS) is 14.3. The molecule has 0 aromatic carbocycles. The molecule has 0 amide bonds. The van der Waals surface area contributed by atoms with Crippen LogP contribution in [0.5, 0.6) is 0 Å². The Balaban J connectivity index is 4.43. The molecule has 19 heavy (non-hydrogen) atoms. The Labute approximate surface area is 113 Å². The third-order valence-corrected chi connectivity index (χ3v) is 2.76. The van der Waals surface area contributed by atoms with Crippen molar-refractivity contribution in [2.45, 2.75) is 12.5 Å². The van der Waals surface area contributed by atoms with E-state index in [-0.39, 0.29) is 32.1 Å². The molecule has 0 heterocycles. The van der Waals surface area contributed by atoms with Crippen LogP contribution in [0.3, 0.4) is 0 Å². The van der Waals surface area contributed by atoms with Crippen molar-refractivity contribution >= 4 is 23.0 Å². The Morgan fingerprint density at radius 3 is 2.37 bits per heavy atom. The van der Waals surface area contributed by atoms with E-state index < -0.39 is 35.5 Å². The maximum absolute atomic E-state index is 11.0. The van der Waals surface area contributed by atoms with E-state index in [4.69, 9.17) is 20.5 Å². The van der Waals surface area contributed by atoms with E-state index in [9.17, 15) is 13.8 Å². The summed E-state index contributed by atoms with van der Waals surface area (Å²) in [4.78, 5) is 23.1. The van der Waals surface area contributed by atoms with Crippen LogP contribution in [0.1, 0.15) is 6.42 Å². The lowest BCUT2D eigenvalue weighted by molar-refractivity contribution is -0.149.